The number of fused-ring (bicyclic) bond motifs is 2. The number of halogens is 2. The third-order valence-corrected chi connectivity index (χ3v) is 10.0. The SMILES string of the molecule is CC#Cc1cccc2cc(O)cc(-c3nc4c5c(nc(OC[C@@]67CCCN6C[C@H](F)C7)nc5c3F)N([C@H](C)c3nccnc3C)CCO4)c12. The van der Waals surface area contributed by atoms with Crippen molar-refractivity contribution in [3.63, 3.8) is 0 Å². The van der Waals surface area contributed by atoms with Crippen molar-refractivity contribution >= 4 is 27.5 Å². The molecule has 2 saturated heterocycles. The summed E-state index contributed by atoms with van der Waals surface area (Å²) in [5.41, 5.74) is 1.96. The highest BCUT2D eigenvalue weighted by Gasteiger charge is 2.49. The number of aryl methyl sites for hydroxylation is 1. The Kier molecular flexibility index (Phi) is 7.67. The molecule has 2 fully saturated rings. The lowest BCUT2D eigenvalue weighted by molar-refractivity contribution is 0.107. The van der Waals surface area contributed by atoms with Crippen molar-refractivity contribution in [1.29, 1.82) is 0 Å². The topological polar surface area (TPSA) is 110 Å². The molecule has 3 atom stereocenters. The monoisotopic (exact) mass is 663 g/mol. The number of rotatable bonds is 6. The zero-order valence-electron chi connectivity index (χ0n) is 27.5. The molecule has 0 radical (unpaired) electrons. The maximum absolute atomic E-state index is 17.2. The molecule has 3 aliphatic heterocycles. The highest BCUT2D eigenvalue weighted by Crippen LogP contribution is 2.45. The van der Waals surface area contributed by atoms with E-state index < -0.39 is 17.5 Å². The molecule has 5 aromatic rings. The lowest BCUT2D eigenvalue weighted by Gasteiger charge is -2.31. The van der Waals surface area contributed by atoms with E-state index in [0.717, 1.165) is 30.8 Å². The minimum atomic E-state index is -0.928. The van der Waals surface area contributed by atoms with Crippen molar-refractivity contribution in [1.82, 2.24) is 29.8 Å². The van der Waals surface area contributed by atoms with E-state index in [1.54, 1.807) is 25.4 Å². The van der Waals surface area contributed by atoms with Gasteiger partial charge in [-0.25, -0.2) is 13.8 Å². The Morgan fingerprint density at radius 3 is 2.84 bits per heavy atom. The van der Waals surface area contributed by atoms with Crippen LogP contribution in [0.5, 0.6) is 17.6 Å². The van der Waals surface area contributed by atoms with Crippen LogP contribution in [0.15, 0.2) is 42.7 Å². The summed E-state index contributed by atoms with van der Waals surface area (Å²) in [5, 5.41) is 12.4. The molecule has 8 rings (SSSR count). The number of nitrogens with zero attached hydrogens (tertiary/aromatic N) is 7. The fourth-order valence-electron chi connectivity index (χ4n) is 7.84. The van der Waals surface area contributed by atoms with Gasteiger partial charge in [0.15, 0.2) is 5.82 Å². The van der Waals surface area contributed by atoms with Crippen molar-refractivity contribution in [3.05, 3.63) is 65.5 Å². The maximum atomic E-state index is 17.2. The van der Waals surface area contributed by atoms with E-state index in [9.17, 15) is 9.50 Å². The predicted octanol–water partition coefficient (Wildman–Crippen LogP) is 6.07. The first-order valence-electron chi connectivity index (χ1n) is 16.6. The number of anilines is 1. The minimum Gasteiger partial charge on any atom is -0.508 e. The van der Waals surface area contributed by atoms with Gasteiger partial charge in [-0.2, -0.15) is 9.97 Å². The van der Waals surface area contributed by atoms with Gasteiger partial charge in [-0.3, -0.25) is 14.9 Å². The largest absolute Gasteiger partial charge is 0.508 e. The molecule has 0 saturated carbocycles. The van der Waals surface area contributed by atoms with E-state index >= 15 is 4.39 Å². The number of phenols is 1. The number of pyridine rings is 1. The molecule has 0 unspecified atom stereocenters. The van der Waals surface area contributed by atoms with Crippen LogP contribution in [-0.2, 0) is 0 Å². The summed E-state index contributed by atoms with van der Waals surface area (Å²) in [5.74, 6) is 5.80. The van der Waals surface area contributed by atoms with Gasteiger partial charge in [-0.1, -0.05) is 18.1 Å². The molecule has 10 nitrogen and oxygen atoms in total. The third kappa shape index (κ3) is 5.24. The Hall–Kier alpha value is -5.15. The number of ether oxygens (including phenoxy) is 2. The Morgan fingerprint density at radius 1 is 1.14 bits per heavy atom. The summed E-state index contributed by atoms with van der Waals surface area (Å²) in [4.78, 5) is 27.4. The van der Waals surface area contributed by atoms with E-state index in [1.807, 2.05) is 36.9 Å². The van der Waals surface area contributed by atoms with E-state index in [2.05, 4.69) is 31.7 Å². The standard InChI is InChI=1S/C37H35F2N7O3/c1-4-7-23-8-5-9-24-16-26(47)17-27(28(23)24)32-30(39)33-29-34(44-36(43-33)49-20-37-10-6-13-45(37)19-25(38)18-37)46(14-15-48-35(29)42-32)22(3)31-21(2)40-11-12-41-31/h5,8-9,11-12,16-17,22,25,47H,6,10,13-15,18-20H2,1-3H3/t22-,25-,37+/m1/s1. The van der Waals surface area contributed by atoms with Crippen LogP contribution in [-0.4, -0.2) is 79.5 Å². The summed E-state index contributed by atoms with van der Waals surface area (Å²) < 4.78 is 44.4. The highest BCUT2D eigenvalue weighted by molar-refractivity contribution is 6.04. The average Bonchev–Trinajstić information content (AvgIpc) is 3.55. The molecule has 12 heteroatoms. The molecule has 0 amide bonds. The Bertz CT molecular complexity index is 2190. The van der Waals surface area contributed by atoms with E-state index in [0.29, 0.717) is 52.6 Å². The van der Waals surface area contributed by atoms with Gasteiger partial charge in [-0.05, 0) is 63.7 Å². The fraction of sp³-hybridized carbons (Fsp3) is 0.378. The third-order valence-electron chi connectivity index (χ3n) is 10.0. The quantitative estimate of drug-likeness (QED) is 0.215. The first kappa shape index (κ1) is 31.1. The number of aromatic hydroxyl groups is 1. The van der Waals surface area contributed by atoms with Gasteiger partial charge >= 0.3 is 6.01 Å². The van der Waals surface area contributed by atoms with Crippen LogP contribution in [0.2, 0.25) is 0 Å². The Labute approximate surface area is 282 Å². The fourth-order valence-corrected chi connectivity index (χ4v) is 7.84. The molecule has 1 N–H and O–H groups in total. The normalized spacial score (nSPS) is 20.8. The number of alkyl halides is 1. The summed E-state index contributed by atoms with van der Waals surface area (Å²) in [6.07, 6.45) is 4.48. The molecule has 49 heavy (non-hydrogen) atoms. The maximum Gasteiger partial charge on any atom is 0.319 e. The van der Waals surface area contributed by atoms with Gasteiger partial charge in [-0.15, -0.1) is 5.92 Å². The van der Waals surface area contributed by atoms with Crippen molar-refractivity contribution < 1.29 is 23.4 Å². The molecule has 0 bridgehead atoms. The van der Waals surface area contributed by atoms with Crippen molar-refractivity contribution in [3.8, 4) is 40.7 Å². The summed E-state index contributed by atoms with van der Waals surface area (Å²) in [6, 6.07) is 8.26. The number of aromatic nitrogens is 5. The average molecular weight is 664 g/mol. The molecule has 3 aromatic heterocycles. The number of phenolic OH excluding ortho intramolecular Hbond substituents is 1. The summed E-state index contributed by atoms with van der Waals surface area (Å²) >= 11 is 0. The van der Waals surface area contributed by atoms with Gasteiger partial charge < -0.3 is 19.5 Å². The van der Waals surface area contributed by atoms with E-state index in [1.165, 1.54) is 6.07 Å². The van der Waals surface area contributed by atoms with Gasteiger partial charge in [0.2, 0.25) is 5.88 Å². The number of hydrogen-bond acceptors (Lipinski definition) is 10. The summed E-state index contributed by atoms with van der Waals surface area (Å²) in [7, 11) is 0. The van der Waals surface area contributed by atoms with Crippen LogP contribution in [0.1, 0.15) is 56.1 Å². The molecular weight excluding hydrogens is 628 g/mol. The van der Waals surface area contributed by atoms with Crippen molar-refractivity contribution in [2.45, 2.75) is 57.8 Å². The van der Waals surface area contributed by atoms with Crippen LogP contribution in [0.4, 0.5) is 14.6 Å². The Balaban J connectivity index is 1.34. The Morgan fingerprint density at radius 2 is 2.00 bits per heavy atom. The zero-order chi connectivity index (χ0) is 33.9. The molecule has 250 valence electrons. The van der Waals surface area contributed by atoms with Crippen LogP contribution in [0, 0.1) is 24.6 Å². The first-order chi connectivity index (χ1) is 23.8. The molecule has 6 heterocycles. The predicted molar refractivity (Wildman–Crippen MR) is 181 cm³/mol. The molecule has 2 aromatic carbocycles. The molecule has 0 aliphatic carbocycles. The van der Waals surface area contributed by atoms with Gasteiger partial charge in [0.1, 0.15) is 47.5 Å². The van der Waals surface area contributed by atoms with Crippen LogP contribution >= 0.6 is 0 Å². The van der Waals surface area contributed by atoms with Gasteiger partial charge in [0.05, 0.1) is 29.5 Å². The molecule has 0 spiro atoms. The van der Waals surface area contributed by atoms with Crippen LogP contribution in [0.3, 0.4) is 0 Å². The second kappa shape index (κ2) is 12.1. The van der Waals surface area contributed by atoms with Crippen molar-refractivity contribution in [2.24, 2.45) is 0 Å². The van der Waals surface area contributed by atoms with E-state index in [-0.39, 0.29) is 48.1 Å². The van der Waals surface area contributed by atoms with Gasteiger partial charge in [0.25, 0.3) is 0 Å². The second-order valence-electron chi connectivity index (χ2n) is 13.0. The molecular formula is C37H35F2N7O3. The van der Waals surface area contributed by atoms with Crippen molar-refractivity contribution in [2.75, 3.05) is 37.7 Å². The number of hydrogen-bond donors (Lipinski definition) is 1. The summed E-state index contributed by atoms with van der Waals surface area (Å²) in [6.45, 7) is 7.56. The lowest BCUT2D eigenvalue weighted by atomic mass is 9.95. The minimum absolute atomic E-state index is 0.0266. The van der Waals surface area contributed by atoms with E-state index in [4.69, 9.17) is 19.4 Å². The van der Waals surface area contributed by atoms with Crippen LogP contribution < -0.4 is 14.4 Å². The molecule has 3 aliphatic rings. The zero-order valence-corrected chi connectivity index (χ0v) is 27.5. The number of benzene rings is 2. The second-order valence-corrected chi connectivity index (χ2v) is 13.0. The lowest BCUT2D eigenvalue weighted by Crippen LogP contribution is -2.43. The van der Waals surface area contributed by atoms with Crippen LogP contribution in [0.25, 0.3) is 32.9 Å². The highest BCUT2D eigenvalue weighted by atomic mass is 19.1. The first-order valence-corrected chi connectivity index (χ1v) is 16.6. The smallest absolute Gasteiger partial charge is 0.319 e. The van der Waals surface area contributed by atoms with Gasteiger partial charge in [0, 0.05) is 41.9 Å².